The van der Waals surface area contributed by atoms with E-state index in [-0.39, 0.29) is 42.4 Å². The summed E-state index contributed by atoms with van der Waals surface area (Å²) >= 11 is 3.52. The molecule has 1 fully saturated rings. The Morgan fingerprint density at radius 3 is 2.21 bits per heavy atom. The van der Waals surface area contributed by atoms with Gasteiger partial charge >= 0.3 is 6.36 Å². The normalized spacial score (nSPS) is 15.8. The molecule has 0 radical (unpaired) electrons. The highest BCUT2D eigenvalue weighted by Crippen LogP contribution is 2.41. The van der Waals surface area contributed by atoms with Gasteiger partial charge in [-0.2, -0.15) is 0 Å². The summed E-state index contributed by atoms with van der Waals surface area (Å²) in [6.45, 7) is 4.93. The molecule has 1 aliphatic rings. The van der Waals surface area contributed by atoms with Gasteiger partial charge < -0.3 is 15.2 Å². The quantitative estimate of drug-likeness (QED) is 0.585. The number of benzene rings is 2. The Morgan fingerprint density at radius 1 is 1.07 bits per heavy atom. The van der Waals surface area contributed by atoms with E-state index in [4.69, 9.17) is 0 Å². The lowest BCUT2D eigenvalue weighted by Crippen LogP contribution is -2.45. The summed E-state index contributed by atoms with van der Waals surface area (Å²) in [6, 6.07) is 9.24. The smallest absolute Gasteiger partial charge is 0.507 e. The van der Waals surface area contributed by atoms with Crippen LogP contribution < -0.4 is 10.1 Å². The van der Waals surface area contributed by atoms with E-state index in [1.54, 1.807) is 12.1 Å². The number of rotatable bonds is 4. The maximum absolute atomic E-state index is 12.4. The fourth-order valence-corrected chi connectivity index (χ4v) is 3.84. The monoisotopic (exact) mass is 516 g/mol. The number of aryl methyl sites for hydroxylation is 1. The van der Waals surface area contributed by atoms with Gasteiger partial charge in [0.2, 0.25) is 0 Å². The van der Waals surface area contributed by atoms with E-state index in [0.717, 1.165) is 41.8 Å². The third-order valence-electron chi connectivity index (χ3n) is 4.59. The van der Waals surface area contributed by atoms with Gasteiger partial charge in [-0.05, 0) is 36.2 Å². The number of nitrogens with one attached hydrogen (secondary N) is 1. The minimum atomic E-state index is -4.72. The molecule has 2 aromatic rings. The first kappa shape index (κ1) is 25.8. The molecule has 0 saturated carbocycles. The summed E-state index contributed by atoms with van der Waals surface area (Å²) < 4.78 is 42.0. The van der Waals surface area contributed by atoms with Crippen LogP contribution in [-0.4, -0.2) is 42.5 Å². The minimum Gasteiger partial charge on any atom is -0.507 e. The van der Waals surface area contributed by atoms with Gasteiger partial charge in [0.05, 0.1) is 6.04 Å². The Bertz CT molecular complexity index is 801. The van der Waals surface area contributed by atoms with E-state index in [9.17, 15) is 18.3 Å². The minimum absolute atomic E-state index is 0. The summed E-state index contributed by atoms with van der Waals surface area (Å²) in [5.74, 6) is -0.0821. The lowest BCUT2D eigenvalue weighted by molar-refractivity contribution is -0.274. The molecule has 4 nitrogen and oxygen atoms in total. The molecule has 3 rings (SSSR count). The van der Waals surface area contributed by atoms with E-state index in [1.165, 1.54) is 12.1 Å². The van der Waals surface area contributed by atoms with Crippen LogP contribution in [0.5, 0.6) is 11.5 Å². The average molecular weight is 518 g/mol. The average Bonchev–Trinajstić information content (AvgIpc) is 2.62. The van der Waals surface area contributed by atoms with Gasteiger partial charge in [-0.15, -0.1) is 38.0 Å². The van der Waals surface area contributed by atoms with Crippen molar-refractivity contribution in [1.29, 1.82) is 0 Å². The van der Waals surface area contributed by atoms with Gasteiger partial charge in [-0.1, -0.05) is 34.1 Å². The Labute approximate surface area is 188 Å². The zero-order valence-corrected chi connectivity index (χ0v) is 18.7. The highest BCUT2D eigenvalue weighted by atomic mass is 79.9. The van der Waals surface area contributed by atoms with E-state index in [2.05, 4.69) is 30.9 Å². The number of phenols is 1. The van der Waals surface area contributed by atoms with Crippen LogP contribution in [0.15, 0.2) is 40.9 Å². The lowest BCUT2D eigenvalue weighted by Gasteiger charge is -2.36. The number of alkyl halides is 3. The molecule has 1 atom stereocenters. The van der Waals surface area contributed by atoms with Crippen LogP contribution in [0.1, 0.15) is 22.7 Å². The number of nitrogens with zero attached hydrogens (tertiary/aromatic N) is 1. The third kappa shape index (κ3) is 6.39. The van der Waals surface area contributed by atoms with Crippen LogP contribution in [0.25, 0.3) is 0 Å². The van der Waals surface area contributed by atoms with Crippen LogP contribution in [0, 0.1) is 6.92 Å². The van der Waals surface area contributed by atoms with Crippen LogP contribution in [-0.2, 0) is 0 Å². The zero-order chi connectivity index (χ0) is 19.6. The molecule has 0 aliphatic carbocycles. The predicted molar refractivity (Wildman–Crippen MR) is 114 cm³/mol. The molecule has 0 bridgehead atoms. The summed E-state index contributed by atoms with van der Waals surface area (Å²) in [7, 11) is 0. The molecule has 0 unspecified atom stereocenters. The van der Waals surface area contributed by atoms with Crippen LogP contribution >= 0.6 is 40.7 Å². The molecule has 10 heteroatoms. The number of hydrogen-bond acceptors (Lipinski definition) is 4. The van der Waals surface area contributed by atoms with Crippen LogP contribution in [0.4, 0.5) is 13.2 Å². The Kier molecular flexibility index (Phi) is 9.56. The molecule has 0 spiro atoms. The molecule has 1 aliphatic heterocycles. The highest BCUT2D eigenvalue weighted by Gasteiger charge is 2.32. The molecule has 2 aromatic carbocycles. The SMILES string of the molecule is Cc1ccc(Br)c([C@@H](c2ccc(OC(F)(F)F)cc2)N2CCNCC2)c1O.Cl.Cl. The number of halogens is 6. The Morgan fingerprint density at radius 2 is 1.66 bits per heavy atom. The van der Waals surface area contributed by atoms with Crippen molar-refractivity contribution in [3.05, 3.63) is 57.6 Å². The first-order valence-electron chi connectivity index (χ1n) is 8.54. The molecular formula is C19H22BrCl2F3N2O2. The molecule has 0 amide bonds. The molecule has 1 heterocycles. The number of piperazine rings is 1. The first-order valence-corrected chi connectivity index (χ1v) is 9.34. The Balaban J connectivity index is 0.00000210. The van der Waals surface area contributed by atoms with Crippen molar-refractivity contribution in [2.75, 3.05) is 26.2 Å². The summed E-state index contributed by atoms with van der Waals surface area (Å²) in [6.07, 6.45) is -4.72. The molecule has 162 valence electrons. The number of phenolic OH excluding ortho intramolecular Hbond substituents is 1. The molecule has 1 saturated heterocycles. The molecular weight excluding hydrogens is 496 g/mol. The number of aromatic hydroxyl groups is 1. The van der Waals surface area contributed by atoms with Crippen molar-refractivity contribution in [2.24, 2.45) is 0 Å². The van der Waals surface area contributed by atoms with E-state index in [1.807, 2.05) is 19.1 Å². The van der Waals surface area contributed by atoms with Crippen molar-refractivity contribution in [3.63, 3.8) is 0 Å². The van der Waals surface area contributed by atoms with Gasteiger partial charge in [0.15, 0.2) is 0 Å². The predicted octanol–water partition coefficient (Wildman–Crippen LogP) is 5.20. The van der Waals surface area contributed by atoms with Crippen molar-refractivity contribution in [2.45, 2.75) is 19.3 Å². The lowest BCUT2D eigenvalue weighted by atomic mass is 9.94. The fraction of sp³-hybridized carbons (Fsp3) is 0.368. The van der Waals surface area contributed by atoms with Gasteiger partial charge in [-0.25, -0.2) is 0 Å². The number of ether oxygens (including phenoxy) is 1. The van der Waals surface area contributed by atoms with Crippen molar-refractivity contribution >= 4 is 40.7 Å². The third-order valence-corrected chi connectivity index (χ3v) is 5.28. The first-order chi connectivity index (χ1) is 12.8. The maximum Gasteiger partial charge on any atom is 0.573 e. The van der Waals surface area contributed by atoms with Gasteiger partial charge in [-0.3, -0.25) is 4.90 Å². The fourth-order valence-electron chi connectivity index (χ4n) is 3.30. The molecule has 0 aromatic heterocycles. The van der Waals surface area contributed by atoms with Crippen LogP contribution in [0.2, 0.25) is 0 Å². The summed E-state index contributed by atoms with van der Waals surface area (Å²) in [5, 5.41) is 14.0. The number of hydrogen-bond donors (Lipinski definition) is 2. The largest absolute Gasteiger partial charge is 0.573 e. The van der Waals surface area contributed by atoms with Crippen molar-refractivity contribution in [1.82, 2.24) is 10.2 Å². The second kappa shape index (κ2) is 10.7. The second-order valence-corrected chi connectivity index (χ2v) is 7.29. The maximum atomic E-state index is 12.4. The van der Waals surface area contributed by atoms with E-state index >= 15 is 0 Å². The molecule has 29 heavy (non-hydrogen) atoms. The van der Waals surface area contributed by atoms with Gasteiger partial charge in [0.1, 0.15) is 11.5 Å². The standard InChI is InChI=1S/C19H20BrF3N2O2.2ClH/c1-12-2-7-15(20)16(18(12)26)17(25-10-8-24-9-11-25)13-3-5-14(6-4-13)27-19(21,22)23;;/h2-7,17,24,26H,8-11H2,1H3;2*1H/t17-;;/m1../s1. The zero-order valence-electron chi connectivity index (χ0n) is 15.5. The van der Waals surface area contributed by atoms with E-state index < -0.39 is 6.36 Å². The van der Waals surface area contributed by atoms with Crippen LogP contribution in [0.3, 0.4) is 0 Å². The van der Waals surface area contributed by atoms with Crippen molar-refractivity contribution in [3.8, 4) is 11.5 Å². The topological polar surface area (TPSA) is 44.7 Å². The Hall–Kier alpha value is -1.19. The molecule has 2 N–H and O–H groups in total. The summed E-state index contributed by atoms with van der Waals surface area (Å²) in [4.78, 5) is 2.20. The van der Waals surface area contributed by atoms with Crippen molar-refractivity contribution < 1.29 is 23.0 Å². The van der Waals surface area contributed by atoms with E-state index in [0.29, 0.717) is 5.56 Å². The highest BCUT2D eigenvalue weighted by molar-refractivity contribution is 9.10. The van der Waals surface area contributed by atoms with Gasteiger partial charge in [0, 0.05) is 36.2 Å². The summed E-state index contributed by atoms with van der Waals surface area (Å²) in [5.41, 5.74) is 2.24. The second-order valence-electron chi connectivity index (χ2n) is 6.43. The van der Waals surface area contributed by atoms with Gasteiger partial charge in [0.25, 0.3) is 0 Å².